The van der Waals surface area contributed by atoms with Crippen molar-refractivity contribution in [1.82, 2.24) is 4.90 Å². The number of carboxylic acid groups (broad SMARTS) is 1. The Hall–Kier alpha value is -2.48. The van der Waals surface area contributed by atoms with Gasteiger partial charge < -0.3 is 14.6 Å². The highest BCUT2D eigenvalue weighted by Gasteiger charge is 2.36. The first-order valence-electron chi connectivity index (χ1n) is 6.16. The minimum absolute atomic E-state index is 0.137. The molecule has 1 saturated heterocycles. The molecule has 2 rings (SSSR count). The normalized spacial score (nSPS) is 16.3. The lowest BCUT2D eigenvalue weighted by Crippen LogP contribution is -2.33. The van der Waals surface area contributed by atoms with Gasteiger partial charge in [0.2, 0.25) is 0 Å². The summed E-state index contributed by atoms with van der Waals surface area (Å²) in [6.07, 6.45) is 1.48. The van der Waals surface area contributed by atoms with Crippen molar-refractivity contribution in [2.75, 3.05) is 20.8 Å². The Morgan fingerprint density at radius 2 is 2.05 bits per heavy atom. The fourth-order valence-corrected chi connectivity index (χ4v) is 2.77. The van der Waals surface area contributed by atoms with Crippen molar-refractivity contribution in [3.63, 3.8) is 0 Å². The summed E-state index contributed by atoms with van der Waals surface area (Å²) >= 11 is 0.690. The zero-order chi connectivity index (χ0) is 16.3. The number of carbonyl (C=O) groups excluding carboxylic acids is 2. The Labute approximate surface area is 130 Å². The average molecular weight is 323 g/mol. The summed E-state index contributed by atoms with van der Waals surface area (Å²) in [5.41, 5.74) is 0.558. The number of imide groups is 1. The molecule has 1 aromatic carbocycles. The molecule has 0 radical (unpaired) electrons. The lowest BCUT2D eigenvalue weighted by molar-refractivity contribution is -0.140. The second-order valence-corrected chi connectivity index (χ2v) is 5.24. The number of hydrogen-bond acceptors (Lipinski definition) is 6. The van der Waals surface area contributed by atoms with E-state index in [0.717, 1.165) is 0 Å². The summed E-state index contributed by atoms with van der Waals surface area (Å²) in [6.45, 7) is -0.656. The number of nitrogens with zero attached hydrogens (tertiary/aromatic N) is 1. The molecule has 1 aromatic rings. The third kappa shape index (κ3) is 3.06. The van der Waals surface area contributed by atoms with Crippen LogP contribution in [0.5, 0.6) is 11.5 Å². The molecular weight excluding hydrogens is 310 g/mol. The maximum absolute atomic E-state index is 12.1. The Morgan fingerprint density at radius 3 is 2.64 bits per heavy atom. The van der Waals surface area contributed by atoms with Gasteiger partial charge in [0.15, 0.2) is 11.5 Å². The van der Waals surface area contributed by atoms with Gasteiger partial charge in [-0.05, 0) is 23.9 Å². The highest BCUT2D eigenvalue weighted by atomic mass is 32.2. The molecule has 0 aromatic heterocycles. The second-order valence-electron chi connectivity index (χ2n) is 4.24. The topological polar surface area (TPSA) is 93.1 Å². The Morgan fingerprint density at radius 1 is 1.32 bits per heavy atom. The summed E-state index contributed by atoms with van der Waals surface area (Å²) in [5.74, 6) is -0.971. The number of aliphatic carboxylic acids is 1. The first-order valence-corrected chi connectivity index (χ1v) is 6.97. The van der Waals surface area contributed by atoms with Crippen LogP contribution in [0.25, 0.3) is 6.08 Å². The molecule has 1 N–H and O–H groups in total. The van der Waals surface area contributed by atoms with Crippen molar-refractivity contribution >= 4 is 35.0 Å². The number of thioether (sulfide) groups is 1. The van der Waals surface area contributed by atoms with Crippen molar-refractivity contribution in [3.8, 4) is 11.5 Å². The number of hydrogen-bond donors (Lipinski definition) is 1. The van der Waals surface area contributed by atoms with Gasteiger partial charge in [0.1, 0.15) is 6.54 Å². The number of amides is 2. The fourth-order valence-electron chi connectivity index (χ4n) is 1.94. The minimum Gasteiger partial charge on any atom is -0.493 e. The molecule has 116 valence electrons. The molecule has 0 atom stereocenters. The molecule has 1 aliphatic rings. The van der Waals surface area contributed by atoms with E-state index in [2.05, 4.69) is 0 Å². The molecule has 0 aliphatic carbocycles. The highest BCUT2D eigenvalue weighted by molar-refractivity contribution is 8.18. The zero-order valence-electron chi connectivity index (χ0n) is 11.9. The number of para-hydroxylation sites is 1. The molecule has 1 fully saturated rings. The second kappa shape index (κ2) is 6.52. The molecule has 0 saturated carbocycles. The molecule has 8 heteroatoms. The summed E-state index contributed by atoms with van der Waals surface area (Å²) < 4.78 is 10.4. The van der Waals surface area contributed by atoms with Crippen LogP contribution in [0.1, 0.15) is 5.56 Å². The van der Waals surface area contributed by atoms with E-state index in [0.29, 0.717) is 33.7 Å². The van der Waals surface area contributed by atoms with Crippen LogP contribution in [0.15, 0.2) is 23.1 Å². The number of benzene rings is 1. The van der Waals surface area contributed by atoms with E-state index in [-0.39, 0.29) is 4.91 Å². The van der Waals surface area contributed by atoms with Gasteiger partial charge >= 0.3 is 5.97 Å². The van der Waals surface area contributed by atoms with E-state index in [1.54, 1.807) is 18.2 Å². The maximum Gasteiger partial charge on any atom is 0.323 e. The Balaban J connectivity index is 2.37. The molecule has 1 aliphatic heterocycles. The first kappa shape index (κ1) is 15.9. The number of ether oxygens (including phenoxy) is 2. The van der Waals surface area contributed by atoms with Crippen molar-refractivity contribution in [2.24, 2.45) is 0 Å². The third-order valence-electron chi connectivity index (χ3n) is 2.89. The Bertz CT molecular complexity index is 669. The van der Waals surface area contributed by atoms with Crippen LogP contribution >= 0.6 is 11.8 Å². The number of carbonyl (C=O) groups is 3. The van der Waals surface area contributed by atoms with Crippen LogP contribution in [0, 0.1) is 0 Å². The van der Waals surface area contributed by atoms with Crippen LogP contribution in [-0.2, 0) is 9.59 Å². The van der Waals surface area contributed by atoms with E-state index in [1.807, 2.05) is 0 Å². The minimum atomic E-state index is -1.25. The van der Waals surface area contributed by atoms with Gasteiger partial charge in [-0.2, -0.15) is 0 Å². The predicted molar refractivity (Wildman–Crippen MR) is 79.9 cm³/mol. The van der Waals surface area contributed by atoms with E-state index in [4.69, 9.17) is 14.6 Å². The smallest absolute Gasteiger partial charge is 0.323 e. The van der Waals surface area contributed by atoms with Crippen molar-refractivity contribution in [2.45, 2.75) is 0 Å². The Kier molecular flexibility index (Phi) is 4.71. The summed E-state index contributed by atoms with van der Waals surface area (Å²) in [5, 5.41) is 8.11. The van der Waals surface area contributed by atoms with Crippen molar-refractivity contribution < 1.29 is 29.0 Å². The molecule has 22 heavy (non-hydrogen) atoms. The lowest BCUT2D eigenvalue weighted by Gasteiger charge is -2.10. The monoisotopic (exact) mass is 323 g/mol. The summed E-state index contributed by atoms with van der Waals surface area (Å²) in [4.78, 5) is 35.3. The van der Waals surface area contributed by atoms with E-state index in [9.17, 15) is 14.4 Å². The zero-order valence-corrected chi connectivity index (χ0v) is 12.7. The predicted octanol–water partition coefficient (Wildman–Crippen LogP) is 1.82. The molecular formula is C14H13NO6S. The largest absolute Gasteiger partial charge is 0.493 e. The molecule has 0 spiro atoms. The van der Waals surface area contributed by atoms with E-state index >= 15 is 0 Å². The SMILES string of the molecule is COc1cccc(/C=C2/SC(=O)N(CC(=O)O)C2=O)c1OC. The fraction of sp³-hybridized carbons (Fsp3) is 0.214. The van der Waals surface area contributed by atoms with Crippen LogP contribution < -0.4 is 9.47 Å². The standard InChI is InChI=1S/C14H13NO6S/c1-20-9-5-3-4-8(12(9)21-2)6-10-13(18)15(7-11(16)17)14(19)22-10/h3-6H,7H2,1-2H3,(H,16,17)/b10-6+. The van der Waals surface area contributed by atoms with Crippen molar-refractivity contribution in [1.29, 1.82) is 0 Å². The molecule has 0 unspecified atom stereocenters. The number of methoxy groups -OCH3 is 2. The number of rotatable bonds is 5. The van der Waals surface area contributed by atoms with Crippen LogP contribution in [-0.4, -0.2) is 47.9 Å². The average Bonchev–Trinajstić information content (AvgIpc) is 2.74. The van der Waals surface area contributed by atoms with Crippen LogP contribution in [0.3, 0.4) is 0 Å². The highest BCUT2D eigenvalue weighted by Crippen LogP contribution is 2.36. The summed E-state index contributed by atoms with van der Waals surface area (Å²) in [7, 11) is 2.95. The number of carboxylic acids is 1. The van der Waals surface area contributed by atoms with E-state index in [1.165, 1.54) is 20.3 Å². The quantitative estimate of drug-likeness (QED) is 0.826. The molecule has 1 heterocycles. The molecule has 2 amide bonds. The lowest BCUT2D eigenvalue weighted by atomic mass is 10.1. The molecule has 7 nitrogen and oxygen atoms in total. The van der Waals surface area contributed by atoms with Gasteiger partial charge in [-0.3, -0.25) is 19.3 Å². The first-order chi connectivity index (χ1) is 10.5. The van der Waals surface area contributed by atoms with Gasteiger partial charge in [-0.25, -0.2) is 0 Å². The van der Waals surface area contributed by atoms with Gasteiger partial charge in [0, 0.05) is 5.56 Å². The van der Waals surface area contributed by atoms with Gasteiger partial charge in [-0.1, -0.05) is 12.1 Å². The van der Waals surface area contributed by atoms with Crippen molar-refractivity contribution in [3.05, 3.63) is 28.7 Å². The van der Waals surface area contributed by atoms with Gasteiger partial charge in [-0.15, -0.1) is 0 Å². The van der Waals surface area contributed by atoms with Crippen LogP contribution in [0.4, 0.5) is 4.79 Å². The van der Waals surface area contributed by atoms with Gasteiger partial charge in [0.05, 0.1) is 19.1 Å². The van der Waals surface area contributed by atoms with E-state index < -0.39 is 23.7 Å². The third-order valence-corrected chi connectivity index (χ3v) is 3.79. The van der Waals surface area contributed by atoms with Gasteiger partial charge in [0.25, 0.3) is 11.1 Å². The van der Waals surface area contributed by atoms with Crippen LogP contribution in [0.2, 0.25) is 0 Å². The summed E-state index contributed by atoms with van der Waals surface area (Å²) in [6, 6.07) is 5.12. The maximum atomic E-state index is 12.1. The molecule has 0 bridgehead atoms.